The first-order valence-electron chi connectivity index (χ1n) is 6.12. The zero-order valence-electron chi connectivity index (χ0n) is 10.1. The first kappa shape index (κ1) is 17.8. The minimum Gasteiger partial charge on any atom is -0.315 e. The van der Waals surface area contributed by atoms with Crippen LogP contribution in [0.2, 0.25) is 0 Å². The molecular formula is C11H24Cl3N3. The molecule has 2 aliphatic heterocycles. The predicted octanol–water partition coefficient (Wildman–Crippen LogP) is 1.39. The molecular weight excluding hydrogens is 281 g/mol. The van der Waals surface area contributed by atoms with Gasteiger partial charge in [0.1, 0.15) is 0 Å². The lowest BCUT2D eigenvalue weighted by Gasteiger charge is -2.37. The highest BCUT2D eigenvalue weighted by molar-refractivity contribution is 5.86. The molecule has 0 amide bonds. The Kier molecular flexibility index (Phi) is 8.38. The van der Waals surface area contributed by atoms with Gasteiger partial charge in [0.05, 0.1) is 0 Å². The molecule has 3 rings (SSSR count). The molecule has 1 atom stereocenters. The molecule has 17 heavy (non-hydrogen) atoms. The molecule has 0 aromatic carbocycles. The van der Waals surface area contributed by atoms with E-state index in [1.54, 1.807) is 0 Å². The summed E-state index contributed by atoms with van der Waals surface area (Å²) < 4.78 is 0. The van der Waals surface area contributed by atoms with E-state index in [-0.39, 0.29) is 37.2 Å². The molecule has 3 fully saturated rings. The lowest BCUT2D eigenvalue weighted by molar-refractivity contribution is 0.0978. The Morgan fingerprint density at radius 2 is 1.24 bits per heavy atom. The maximum absolute atomic E-state index is 3.46. The van der Waals surface area contributed by atoms with Crippen molar-refractivity contribution in [1.82, 2.24) is 15.1 Å². The van der Waals surface area contributed by atoms with Crippen LogP contribution in [0, 0.1) is 0 Å². The summed E-state index contributed by atoms with van der Waals surface area (Å²) in [7, 11) is 0. The van der Waals surface area contributed by atoms with E-state index in [1.807, 2.05) is 0 Å². The van der Waals surface area contributed by atoms with E-state index in [9.17, 15) is 0 Å². The van der Waals surface area contributed by atoms with Crippen molar-refractivity contribution in [1.29, 1.82) is 0 Å². The van der Waals surface area contributed by atoms with E-state index in [0.717, 1.165) is 12.1 Å². The van der Waals surface area contributed by atoms with Crippen molar-refractivity contribution in [3.05, 3.63) is 0 Å². The minimum atomic E-state index is 0. The van der Waals surface area contributed by atoms with Gasteiger partial charge in [0.25, 0.3) is 0 Å². The molecule has 2 saturated heterocycles. The number of nitrogens with one attached hydrogen (secondary N) is 1. The second-order valence-corrected chi connectivity index (χ2v) is 4.95. The molecule has 1 unspecified atom stereocenters. The van der Waals surface area contributed by atoms with Crippen molar-refractivity contribution in [2.75, 3.05) is 39.3 Å². The number of nitrogens with zero attached hydrogens (tertiary/aromatic N) is 2. The van der Waals surface area contributed by atoms with Gasteiger partial charge < -0.3 is 5.32 Å². The van der Waals surface area contributed by atoms with Crippen LogP contribution in [0.3, 0.4) is 0 Å². The second kappa shape index (κ2) is 8.03. The SMILES string of the molecule is C1CC(N2CCN(C3CC3)CC2)CN1.Cl.Cl.Cl. The van der Waals surface area contributed by atoms with E-state index < -0.39 is 0 Å². The van der Waals surface area contributed by atoms with Gasteiger partial charge in [-0.25, -0.2) is 0 Å². The fraction of sp³-hybridized carbons (Fsp3) is 1.00. The molecule has 3 nitrogen and oxygen atoms in total. The topological polar surface area (TPSA) is 18.5 Å². The maximum Gasteiger partial charge on any atom is 0.0233 e. The van der Waals surface area contributed by atoms with Crippen LogP contribution in [0.25, 0.3) is 0 Å². The molecule has 0 bridgehead atoms. The van der Waals surface area contributed by atoms with Gasteiger partial charge in [0.2, 0.25) is 0 Å². The van der Waals surface area contributed by atoms with E-state index in [1.165, 1.54) is 58.5 Å². The van der Waals surface area contributed by atoms with Gasteiger partial charge in [-0.15, -0.1) is 37.2 Å². The number of halogens is 3. The minimum absolute atomic E-state index is 0. The highest BCUT2D eigenvalue weighted by Gasteiger charge is 2.33. The monoisotopic (exact) mass is 303 g/mol. The van der Waals surface area contributed by atoms with Crippen LogP contribution in [-0.4, -0.2) is 61.2 Å². The van der Waals surface area contributed by atoms with Gasteiger partial charge in [0, 0.05) is 44.8 Å². The summed E-state index contributed by atoms with van der Waals surface area (Å²) in [6.07, 6.45) is 4.29. The first-order valence-corrected chi connectivity index (χ1v) is 6.12. The Bertz CT molecular complexity index is 200. The van der Waals surface area contributed by atoms with E-state index in [2.05, 4.69) is 15.1 Å². The third-order valence-corrected chi connectivity index (χ3v) is 3.96. The molecule has 1 aliphatic carbocycles. The molecule has 104 valence electrons. The van der Waals surface area contributed by atoms with Crippen LogP contribution >= 0.6 is 37.2 Å². The summed E-state index contributed by atoms with van der Waals surface area (Å²) in [6.45, 7) is 7.71. The van der Waals surface area contributed by atoms with Crippen LogP contribution in [0.5, 0.6) is 0 Å². The zero-order valence-corrected chi connectivity index (χ0v) is 12.6. The van der Waals surface area contributed by atoms with Gasteiger partial charge in [-0.2, -0.15) is 0 Å². The maximum atomic E-state index is 3.46. The van der Waals surface area contributed by atoms with Crippen LogP contribution in [0.4, 0.5) is 0 Å². The van der Waals surface area contributed by atoms with E-state index >= 15 is 0 Å². The highest BCUT2D eigenvalue weighted by Crippen LogP contribution is 2.27. The molecule has 1 saturated carbocycles. The van der Waals surface area contributed by atoms with Gasteiger partial charge in [0.15, 0.2) is 0 Å². The number of hydrogen-bond donors (Lipinski definition) is 1. The third kappa shape index (κ3) is 4.41. The average molecular weight is 305 g/mol. The lowest BCUT2D eigenvalue weighted by atomic mass is 10.2. The quantitative estimate of drug-likeness (QED) is 0.832. The van der Waals surface area contributed by atoms with Crippen molar-refractivity contribution in [2.45, 2.75) is 31.3 Å². The normalized spacial score (nSPS) is 30.0. The fourth-order valence-corrected chi connectivity index (χ4v) is 2.86. The Labute approximate surface area is 123 Å². The molecule has 0 aromatic heterocycles. The largest absolute Gasteiger partial charge is 0.315 e. The highest BCUT2D eigenvalue weighted by atomic mass is 35.5. The fourth-order valence-electron chi connectivity index (χ4n) is 2.86. The Hall–Kier alpha value is 0.750. The molecule has 1 N–H and O–H groups in total. The summed E-state index contributed by atoms with van der Waals surface area (Å²) >= 11 is 0. The summed E-state index contributed by atoms with van der Waals surface area (Å²) in [4.78, 5) is 5.39. The number of piperazine rings is 1. The van der Waals surface area contributed by atoms with E-state index in [0.29, 0.717) is 0 Å². The molecule has 6 heteroatoms. The Morgan fingerprint density at radius 3 is 1.65 bits per heavy atom. The van der Waals surface area contributed by atoms with Crippen molar-refractivity contribution < 1.29 is 0 Å². The average Bonchev–Trinajstić information content (AvgIpc) is 2.94. The van der Waals surface area contributed by atoms with Crippen LogP contribution in [-0.2, 0) is 0 Å². The van der Waals surface area contributed by atoms with Crippen LogP contribution in [0.1, 0.15) is 19.3 Å². The molecule has 0 spiro atoms. The Morgan fingerprint density at radius 1 is 0.706 bits per heavy atom. The standard InChI is InChI=1S/C11H21N3.3ClH/c1-2-10(1)13-5-7-14(8-6-13)11-3-4-12-9-11;;;/h10-12H,1-9H2;3*1H. The summed E-state index contributed by atoms with van der Waals surface area (Å²) in [6, 6.07) is 1.82. The van der Waals surface area contributed by atoms with E-state index in [4.69, 9.17) is 0 Å². The molecule has 0 radical (unpaired) electrons. The number of rotatable bonds is 2. The van der Waals surface area contributed by atoms with Crippen LogP contribution < -0.4 is 5.32 Å². The molecule has 3 aliphatic rings. The van der Waals surface area contributed by atoms with Crippen LogP contribution in [0.15, 0.2) is 0 Å². The van der Waals surface area contributed by atoms with Gasteiger partial charge >= 0.3 is 0 Å². The summed E-state index contributed by atoms with van der Waals surface area (Å²) in [5.74, 6) is 0. The van der Waals surface area contributed by atoms with Crippen molar-refractivity contribution in [2.24, 2.45) is 0 Å². The number of hydrogen-bond acceptors (Lipinski definition) is 3. The Balaban J connectivity index is 0.000000853. The smallest absolute Gasteiger partial charge is 0.0233 e. The molecule has 2 heterocycles. The lowest BCUT2D eigenvalue weighted by Crippen LogP contribution is -2.51. The zero-order chi connectivity index (χ0) is 9.38. The van der Waals surface area contributed by atoms with Crippen molar-refractivity contribution in [3.63, 3.8) is 0 Å². The third-order valence-electron chi connectivity index (χ3n) is 3.96. The summed E-state index contributed by atoms with van der Waals surface area (Å²) in [5, 5.41) is 3.46. The predicted molar refractivity (Wildman–Crippen MR) is 79.2 cm³/mol. The van der Waals surface area contributed by atoms with Gasteiger partial charge in [-0.1, -0.05) is 0 Å². The second-order valence-electron chi connectivity index (χ2n) is 4.95. The van der Waals surface area contributed by atoms with Gasteiger partial charge in [-0.3, -0.25) is 9.80 Å². The van der Waals surface area contributed by atoms with Crippen molar-refractivity contribution in [3.8, 4) is 0 Å². The van der Waals surface area contributed by atoms with Gasteiger partial charge in [-0.05, 0) is 25.8 Å². The van der Waals surface area contributed by atoms with Crippen molar-refractivity contribution >= 4 is 37.2 Å². The molecule has 0 aromatic rings. The first-order chi connectivity index (χ1) is 6.93. The summed E-state index contributed by atoms with van der Waals surface area (Å²) in [5.41, 5.74) is 0.